The van der Waals surface area contributed by atoms with Gasteiger partial charge in [0.1, 0.15) is 5.82 Å². The predicted molar refractivity (Wildman–Crippen MR) is 169 cm³/mol. The number of anilines is 3. The fraction of sp³-hybridized carbons (Fsp3) is 0.294. The fourth-order valence-corrected chi connectivity index (χ4v) is 7.51. The number of thiophene rings is 1. The molecular weight excluding hydrogens is 560 g/mol. The van der Waals surface area contributed by atoms with Crippen LogP contribution < -0.4 is 15.1 Å². The first-order valence-electron chi connectivity index (χ1n) is 14.6. The van der Waals surface area contributed by atoms with Crippen LogP contribution in [-0.2, 0) is 11.2 Å². The van der Waals surface area contributed by atoms with E-state index in [9.17, 15) is 14.4 Å². The third-order valence-electron chi connectivity index (χ3n) is 8.78. The van der Waals surface area contributed by atoms with Crippen LogP contribution in [0.4, 0.5) is 17.2 Å². The lowest BCUT2D eigenvalue weighted by Crippen LogP contribution is -2.59. The molecule has 0 unspecified atom stereocenters. The highest BCUT2D eigenvalue weighted by Gasteiger charge is 2.45. The molecule has 0 bridgehead atoms. The Balaban J connectivity index is 1.08. The number of pyridine rings is 1. The summed E-state index contributed by atoms with van der Waals surface area (Å²) in [4.78, 5) is 49.0. The van der Waals surface area contributed by atoms with Gasteiger partial charge in [-0.15, -0.1) is 11.3 Å². The van der Waals surface area contributed by atoms with Crippen LogP contribution in [-0.4, -0.2) is 55.9 Å². The number of aldehydes is 1. The van der Waals surface area contributed by atoms with Crippen molar-refractivity contribution in [3.05, 3.63) is 94.0 Å². The summed E-state index contributed by atoms with van der Waals surface area (Å²) in [6.07, 6.45) is 5.44. The van der Waals surface area contributed by atoms with Crippen LogP contribution in [0.3, 0.4) is 0 Å². The molecule has 1 N–H and O–H groups in total. The van der Waals surface area contributed by atoms with Crippen molar-refractivity contribution in [3.8, 4) is 10.4 Å². The van der Waals surface area contributed by atoms with E-state index in [0.717, 1.165) is 72.7 Å². The number of amides is 2. The lowest BCUT2D eigenvalue weighted by molar-refractivity contribution is -0.000510. The Kier molecular flexibility index (Phi) is 7.07. The second-order valence-electron chi connectivity index (χ2n) is 11.7. The topological polar surface area (TPSA) is 91.8 Å². The normalized spacial score (nSPS) is 17.0. The summed E-state index contributed by atoms with van der Waals surface area (Å²) in [7, 11) is 0. The fourth-order valence-electron chi connectivity index (χ4n) is 6.45. The first-order chi connectivity index (χ1) is 20.9. The molecule has 1 spiro atoms. The lowest BCUT2D eigenvalue weighted by atomic mass is 9.73. The number of nitrogens with zero attached hydrogens (tertiary/aromatic N) is 3. The Hall–Kier alpha value is -4.34. The number of aryl methyl sites for hydroxylation is 1. The molecule has 3 aliphatic heterocycles. The summed E-state index contributed by atoms with van der Waals surface area (Å²) >= 11 is 1.46. The molecule has 0 aliphatic carbocycles. The van der Waals surface area contributed by atoms with Gasteiger partial charge in [0.25, 0.3) is 11.8 Å². The van der Waals surface area contributed by atoms with Crippen molar-refractivity contribution in [2.45, 2.75) is 26.2 Å². The molecule has 0 radical (unpaired) electrons. The molecule has 2 amide bonds. The molecular formula is C34H32N4O4S. The van der Waals surface area contributed by atoms with Crippen LogP contribution in [0.25, 0.3) is 10.4 Å². The Labute approximate surface area is 254 Å². The number of benzene rings is 2. The SMILES string of the molecule is Cc1cnc(N2CC3(CCOCC3)C2)c(C(=O)Nc2ccc(C(=O)N3CCc4cc(C=O)sc4-c4ccccc43)cc2)c1. The minimum Gasteiger partial charge on any atom is -0.381 e. The summed E-state index contributed by atoms with van der Waals surface area (Å²) in [5.41, 5.74) is 5.75. The van der Waals surface area contributed by atoms with E-state index in [1.807, 2.05) is 49.5 Å². The van der Waals surface area contributed by atoms with Gasteiger partial charge in [0.05, 0.1) is 16.1 Å². The molecule has 8 nitrogen and oxygen atoms in total. The van der Waals surface area contributed by atoms with Gasteiger partial charge >= 0.3 is 0 Å². The smallest absolute Gasteiger partial charge is 0.259 e. The van der Waals surface area contributed by atoms with Crippen molar-refractivity contribution in [1.82, 2.24) is 4.98 Å². The molecule has 2 aromatic heterocycles. The predicted octanol–water partition coefficient (Wildman–Crippen LogP) is 6.00. The van der Waals surface area contributed by atoms with Crippen molar-refractivity contribution < 1.29 is 19.1 Å². The van der Waals surface area contributed by atoms with Crippen molar-refractivity contribution >= 4 is 46.6 Å². The number of carbonyl (C=O) groups excluding carboxylic acids is 3. The maximum atomic E-state index is 13.8. The average molecular weight is 593 g/mol. The Morgan fingerprint density at radius 2 is 1.81 bits per heavy atom. The highest BCUT2D eigenvalue weighted by Crippen LogP contribution is 2.43. The number of nitrogens with one attached hydrogen (secondary N) is 1. The van der Waals surface area contributed by atoms with Gasteiger partial charge in [0.2, 0.25) is 0 Å². The molecule has 5 heterocycles. The van der Waals surface area contributed by atoms with E-state index in [-0.39, 0.29) is 17.2 Å². The summed E-state index contributed by atoms with van der Waals surface area (Å²) in [5.74, 6) is 0.377. The van der Waals surface area contributed by atoms with E-state index in [1.54, 1.807) is 29.2 Å². The van der Waals surface area contributed by atoms with Crippen LogP contribution in [0, 0.1) is 12.3 Å². The number of hydrogen-bond acceptors (Lipinski definition) is 7. The standard InChI is InChI=1S/C34H32N4O4S/c1-22-16-28(31(35-18-22)37-20-34(21-37)11-14-42-15-12-34)32(40)36-25-8-6-23(7-9-25)33(41)38-13-10-24-17-26(19-39)43-30(24)27-4-2-3-5-29(27)38/h2-9,16-19H,10-15,20-21H2,1H3,(H,36,40). The number of para-hydroxylation sites is 1. The molecule has 43 heavy (non-hydrogen) atoms. The molecule has 2 fully saturated rings. The molecule has 7 rings (SSSR count). The monoisotopic (exact) mass is 592 g/mol. The number of ether oxygens (including phenoxy) is 1. The maximum absolute atomic E-state index is 13.8. The van der Waals surface area contributed by atoms with Gasteiger partial charge in [0.15, 0.2) is 6.29 Å². The summed E-state index contributed by atoms with van der Waals surface area (Å²) in [5, 5.41) is 3.01. The largest absolute Gasteiger partial charge is 0.381 e. The van der Waals surface area contributed by atoms with Crippen LogP contribution in [0.15, 0.2) is 66.9 Å². The highest BCUT2D eigenvalue weighted by molar-refractivity contribution is 7.17. The molecule has 2 saturated heterocycles. The van der Waals surface area contributed by atoms with Gasteiger partial charge < -0.3 is 19.9 Å². The third-order valence-corrected chi connectivity index (χ3v) is 9.91. The highest BCUT2D eigenvalue weighted by atomic mass is 32.1. The number of hydrogen-bond donors (Lipinski definition) is 1. The van der Waals surface area contributed by atoms with Crippen molar-refractivity contribution in [2.75, 3.05) is 48.0 Å². The lowest BCUT2D eigenvalue weighted by Gasteiger charge is -2.53. The molecule has 0 saturated carbocycles. The Morgan fingerprint density at radius 3 is 2.58 bits per heavy atom. The van der Waals surface area contributed by atoms with Gasteiger partial charge in [-0.05, 0) is 79.8 Å². The summed E-state index contributed by atoms with van der Waals surface area (Å²) in [6.45, 7) is 5.80. The van der Waals surface area contributed by atoms with E-state index in [4.69, 9.17) is 4.74 Å². The summed E-state index contributed by atoms with van der Waals surface area (Å²) in [6, 6.07) is 18.7. The average Bonchev–Trinajstić information content (AvgIpc) is 3.37. The van der Waals surface area contributed by atoms with Crippen molar-refractivity contribution in [3.63, 3.8) is 0 Å². The van der Waals surface area contributed by atoms with E-state index < -0.39 is 0 Å². The zero-order valence-corrected chi connectivity index (χ0v) is 24.8. The number of aromatic nitrogens is 1. The van der Waals surface area contributed by atoms with Crippen LogP contribution in [0.5, 0.6) is 0 Å². The van der Waals surface area contributed by atoms with E-state index in [1.165, 1.54) is 11.3 Å². The van der Waals surface area contributed by atoms with Gasteiger partial charge in [-0.1, -0.05) is 18.2 Å². The molecule has 9 heteroatoms. The molecule has 0 atom stereocenters. The quantitative estimate of drug-likeness (QED) is 0.286. The summed E-state index contributed by atoms with van der Waals surface area (Å²) < 4.78 is 5.55. The van der Waals surface area contributed by atoms with Gasteiger partial charge in [-0.3, -0.25) is 14.4 Å². The number of carbonyl (C=O) groups is 3. The molecule has 2 aromatic carbocycles. The molecule has 4 aromatic rings. The first kappa shape index (κ1) is 27.5. The van der Waals surface area contributed by atoms with Crippen molar-refractivity contribution in [2.24, 2.45) is 5.41 Å². The zero-order chi connectivity index (χ0) is 29.6. The van der Waals surface area contributed by atoms with Crippen LogP contribution in [0.2, 0.25) is 0 Å². The third kappa shape index (κ3) is 5.13. The van der Waals surface area contributed by atoms with Crippen molar-refractivity contribution in [1.29, 1.82) is 0 Å². The second-order valence-corrected chi connectivity index (χ2v) is 12.8. The Bertz CT molecular complexity index is 1720. The Morgan fingerprint density at radius 1 is 1.05 bits per heavy atom. The molecule has 218 valence electrons. The van der Waals surface area contributed by atoms with E-state index >= 15 is 0 Å². The van der Waals surface area contributed by atoms with E-state index in [2.05, 4.69) is 15.2 Å². The minimum absolute atomic E-state index is 0.110. The second kappa shape index (κ2) is 11.1. The zero-order valence-electron chi connectivity index (χ0n) is 24.0. The minimum atomic E-state index is -0.222. The van der Waals surface area contributed by atoms with Crippen LogP contribution in [0.1, 0.15) is 54.4 Å². The maximum Gasteiger partial charge on any atom is 0.259 e. The van der Waals surface area contributed by atoms with Crippen LogP contribution >= 0.6 is 11.3 Å². The van der Waals surface area contributed by atoms with Gasteiger partial charge in [0, 0.05) is 66.2 Å². The van der Waals surface area contributed by atoms with Gasteiger partial charge in [-0.2, -0.15) is 0 Å². The number of rotatable bonds is 5. The first-order valence-corrected chi connectivity index (χ1v) is 15.4. The number of fused-ring (bicyclic) bond motifs is 3. The van der Waals surface area contributed by atoms with E-state index in [0.29, 0.717) is 40.5 Å². The molecule has 3 aliphatic rings. The van der Waals surface area contributed by atoms with Gasteiger partial charge in [-0.25, -0.2) is 4.98 Å².